The van der Waals surface area contributed by atoms with Crippen LogP contribution < -0.4 is 4.74 Å². The summed E-state index contributed by atoms with van der Waals surface area (Å²) < 4.78 is 13.6. The molecule has 33 heavy (non-hydrogen) atoms. The Labute approximate surface area is 194 Å². The first-order chi connectivity index (χ1) is 16.1. The molecule has 4 heteroatoms. The maximum atomic E-state index is 13.3. The fourth-order valence-electron chi connectivity index (χ4n) is 4.39. The molecule has 0 bridgehead atoms. The minimum atomic E-state index is -0.300. The van der Waals surface area contributed by atoms with Crippen LogP contribution in [0.2, 0.25) is 0 Å². The van der Waals surface area contributed by atoms with E-state index in [9.17, 15) is 4.79 Å². The van der Waals surface area contributed by atoms with Gasteiger partial charge >= 0.3 is 5.97 Å². The van der Waals surface area contributed by atoms with Gasteiger partial charge in [0.2, 0.25) is 0 Å². The van der Waals surface area contributed by atoms with E-state index in [4.69, 9.17) is 9.47 Å². The molecule has 0 spiro atoms. The lowest BCUT2D eigenvalue weighted by molar-refractivity contribution is 0.0516. The highest BCUT2D eigenvalue weighted by Gasteiger charge is 2.25. The van der Waals surface area contributed by atoms with Gasteiger partial charge in [-0.05, 0) is 61.9 Å². The number of esters is 1. The molecule has 1 aliphatic rings. The summed E-state index contributed by atoms with van der Waals surface area (Å²) in [5, 5.41) is 1.05. The van der Waals surface area contributed by atoms with E-state index in [0.717, 1.165) is 45.5 Å². The van der Waals surface area contributed by atoms with Gasteiger partial charge in [0.15, 0.2) is 0 Å². The van der Waals surface area contributed by atoms with Crippen LogP contribution in [0.5, 0.6) is 5.75 Å². The summed E-state index contributed by atoms with van der Waals surface area (Å²) in [7, 11) is 0. The highest BCUT2D eigenvalue weighted by molar-refractivity contribution is 6.08. The number of para-hydroxylation sites is 1. The zero-order valence-corrected chi connectivity index (χ0v) is 19.2. The van der Waals surface area contributed by atoms with E-state index in [0.29, 0.717) is 24.8 Å². The molecule has 1 aliphatic carbocycles. The smallest absolute Gasteiger partial charge is 0.355 e. The minimum Gasteiger partial charge on any atom is -0.493 e. The fourth-order valence-corrected chi connectivity index (χ4v) is 4.39. The maximum Gasteiger partial charge on any atom is 0.355 e. The van der Waals surface area contributed by atoms with Crippen LogP contribution in [0, 0.1) is 12.8 Å². The minimum absolute atomic E-state index is 0.300. The van der Waals surface area contributed by atoms with E-state index in [-0.39, 0.29) is 5.97 Å². The van der Waals surface area contributed by atoms with Crippen molar-refractivity contribution in [3.63, 3.8) is 0 Å². The molecule has 4 nitrogen and oxygen atoms in total. The van der Waals surface area contributed by atoms with Gasteiger partial charge in [0, 0.05) is 23.0 Å². The normalized spacial score (nSPS) is 13.3. The molecular formula is C29H29NO3. The van der Waals surface area contributed by atoms with Gasteiger partial charge in [-0.1, -0.05) is 60.2 Å². The first kappa shape index (κ1) is 21.3. The lowest BCUT2D eigenvalue weighted by atomic mass is 10.00. The van der Waals surface area contributed by atoms with E-state index in [1.807, 2.05) is 37.3 Å². The lowest BCUT2D eigenvalue weighted by Crippen LogP contribution is -2.14. The fraction of sp³-hybridized carbons (Fsp3) is 0.276. The molecule has 0 aliphatic heterocycles. The second kappa shape index (κ2) is 9.14. The Balaban J connectivity index is 1.63. The van der Waals surface area contributed by atoms with Crippen LogP contribution in [-0.4, -0.2) is 23.8 Å². The molecule has 1 heterocycles. The zero-order valence-electron chi connectivity index (χ0n) is 19.2. The van der Waals surface area contributed by atoms with Crippen LogP contribution in [0.15, 0.2) is 72.8 Å². The number of nitrogens with zero attached hydrogens (tertiary/aromatic N) is 1. The van der Waals surface area contributed by atoms with Crippen molar-refractivity contribution in [2.45, 2.75) is 33.2 Å². The number of hydrogen-bond acceptors (Lipinski definition) is 3. The molecule has 1 saturated carbocycles. The molecule has 0 saturated heterocycles. The molecule has 0 unspecified atom stereocenters. The second-order valence-corrected chi connectivity index (χ2v) is 8.82. The molecule has 0 atom stereocenters. The van der Waals surface area contributed by atoms with Gasteiger partial charge in [-0.15, -0.1) is 0 Å². The van der Waals surface area contributed by atoms with Crippen molar-refractivity contribution in [3.05, 3.63) is 89.6 Å². The monoisotopic (exact) mass is 439 g/mol. The van der Waals surface area contributed by atoms with Gasteiger partial charge in [0.25, 0.3) is 0 Å². The number of rotatable bonds is 8. The number of aryl methyl sites for hydroxylation is 1. The van der Waals surface area contributed by atoms with Crippen molar-refractivity contribution in [1.82, 2.24) is 4.57 Å². The predicted octanol–water partition coefficient (Wildman–Crippen LogP) is 6.63. The average Bonchev–Trinajstić information content (AvgIpc) is 3.60. The van der Waals surface area contributed by atoms with Crippen molar-refractivity contribution < 1.29 is 14.3 Å². The first-order valence-electron chi connectivity index (χ1n) is 11.7. The molecule has 1 fully saturated rings. The van der Waals surface area contributed by atoms with Crippen LogP contribution in [0.3, 0.4) is 0 Å². The lowest BCUT2D eigenvalue weighted by Gasteiger charge is -2.13. The van der Waals surface area contributed by atoms with Crippen molar-refractivity contribution >= 4 is 16.9 Å². The van der Waals surface area contributed by atoms with Gasteiger partial charge < -0.3 is 14.0 Å². The summed E-state index contributed by atoms with van der Waals surface area (Å²) in [6, 6.07) is 24.7. The summed E-state index contributed by atoms with van der Waals surface area (Å²) in [5.41, 5.74) is 5.79. The van der Waals surface area contributed by atoms with E-state index >= 15 is 0 Å². The quantitative estimate of drug-likeness (QED) is 0.289. The Morgan fingerprint density at radius 1 is 1.00 bits per heavy atom. The first-order valence-corrected chi connectivity index (χ1v) is 11.7. The van der Waals surface area contributed by atoms with Crippen molar-refractivity contribution in [2.75, 3.05) is 13.2 Å². The summed E-state index contributed by atoms with van der Waals surface area (Å²) in [6.45, 7) is 5.58. The standard InChI is InChI=1S/C29H29NO3/c1-3-32-29(31)28-27(23-10-6-8-20(2)16-23)25-12-4-5-13-26(25)30(28)18-22-9-7-11-24(17-22)33-19-21-14-15-21/h4-13,16-17,21H,3,14-15,18-19H2,1-2H3. The number of hydrogen-bond donors (Lipinski definition) is 0. The summed E-state index contributed by atoms with van der Waals surface area (Å²) >= 11 is 0. The van der Waals surface area contributed by atoms with Gasteiger partial charge in [-0.3, -0.25) is 0 Å². The molecule has 4 aromatic rings. The molecule has 0 radical (unpaired) electrons. The molecule has 3 aromatic carbocycles. The number of benzene rings is 3. The Morgan fingerprint density at radius 2 is 1.82 bits per heavy atom. The number of carbonyl (C=O) groups is 1. The third kappa shape index (κ3) is 4.51. The van der Waals surface area contributed by atoms with Crippen LogP contribution >= 0.6 is 0 Å². The van der Waals surface area contributed by atoms with E-state index in [1.165, 1.54) is 12.8 Å². The van der Waals surface area contributed by atoms with Crippen molar-refractivity contribution in [2.24, 2.45) is 5.92 Å². The second-order valence-electron chi connectivity index (χ2n) is 8.82. The number of carbonyl (C=O) groups excluding carboxylic acids is 1. The van der Waals surface area contributed by atoms with Crippen LogP contribution in [-0.2, 0) is 11.3 Å². The Kier molecular flexibility index (Phi) is 5.91. The summed E-state index contributed by atoms with van der Waals surface area (Å²) in [4.78, 5) is 13.3. The third-order valence-electron chi connectivity index (χ3n) is 6.17. The van der Waals surface area contributed by atoms with Crippen LogP contribution in [0.4, 0.5) is 0 Å². The van der Waals surface area contributed by atoms with Crippen molar-refractivity contribution in [1.29, 1.82) is 0 Å². The van der Waals surface area contributed by atoms with E-state index in [1.54, 1.807) is 0 Å². The SMILES string of the molecule is CCOC(=O)c1c(-c2cccc(C)c2)c2ccccc2n1Cc1cccc(OCC2CC2)c1. The Morgan fingerprint density at radius 3 is 2.61 bits per heavy atom. The van der Waals surface area contributed by atoms with E-state index < -0.39 is 0 Å². The van der Waals surface area contributed by atoms with E-state index in [2.05, 4.69) is 54.0 Å². The Bertz CT molecular complexity index is 1300. The predicted molar refractivity (Wildman–Crippen MR) is 132 cm³/mol. The summed E-state index contributed by atoms with van der Waals surface area (Å²) in [6.07, 6.45) is 2.53. The molecule has 0 N–H and O–H groups in total. The van der Waals surface area contributed by atoms with Crippen molar-refractivity contribution in [3.8, 4) is 16.9 Å². The zero-order chi connectivity index (χ0) is 22.8. The maximum absolute atomic E-state index is 13.3. The van der Waals surface area contributed by atoms with Gasteiger partial charge in [0.05, 0.1) is 13.2 Å². The topological polar surface area (TPSA) is 40.5 Å². The van der Waals surface area contributed by atoms with Gasteiger partial charge in [0.1, 0.15) is 11.4 Å². The highest BCUT2D eigenvalue weighted by atomic mass is 16.5. The molecule has 1 aromatic heterocycles. The largest absolute Gasteiger partial charge is 0.493 e. The van der Waals surface area contributed by atoms with Crippen LogP contribution in [0.25, 0.3) is 22.0 Å². The number of aromatic nitrogens is 1. The summed E-state index contributed by atoms with van der Waals surface area (Å²) in [5.74, 6) is 1.29. The van der Waals surface area contributed by atoms with Crippen LogP contribution in [0.1, 0.15) is 41.4 Å². The average molecular weight is 440 g/mol. The van der Waals surface area contributed by atoms with Gasteiger partial charge in [-0.25, -0.2) is 4.79 Å². The molecular weight excluding hydrogens is 410 g/mol. The van der Waals surface area contributed by atoms with Gasteiger partial charge in [-0.2, -0.15) is 0 Å². The number of ether oxygens (including phenoxy) is 2. The molecule has 168 valence electrons. The molecule has 0 amide bonds. The highest BCUT2D eigenvalue weighted by Crippen LogP contribution is 2.37. The third-order valence-corrected chi connectivity index (χ3v) is 6.17. The Hall–Kier alpha value is -3.53. The number of fused-ring (bicyclic) bond motifs is 1. The molecule has 5 rings (SSSR count).